The first kappa shape index (κ1) is 16.4. The van der Waals surface area contributed by atoms with Crippen LogP contribution < -0.4 is 5.32 Å². The van der Waals surface area contributed by atoms with E-state index in [1.807, 2.05) is 0 Å². The Balaban J connectivity index is 2.18. The van der Waals surface area contributed by atoms with Gasteiger partial charge in [-0.2, -0.15) is 0 Å². The van der Waals surface area contributed by atoms with E-state index in [2.05, 4.69) is 17.1 Å². The fraction of sp³-hybridized carbons (Fsp3) is 0.933. The zero-order valence-corrected chi connectivity index (χ0v) is 12.7. The molecule has 0 heterocycles. The van der Waals surface area contributed by atoms with Gasteiger partial charge in [-0.3, -0.25) is 4.79 Å². The summed E-state index contributed by atoms with van der Waals surface area (Å²) in [6.45, 7) is 7.43. The third-order valence-corrected chi connectivity index (χ3v) is 4.61. The maximum atomic E-state index is 11.2. The van der Waals surface area contributed by atoms with E-state index < -0.39 is 11.5 Å². The average molecular weight is 270 g/mol. The fourth-order valence-electron chi connectivity index (χ4n) is 2.57. The van der Waals surface area contributed by atoms with E-state index in [9.17, 15) is 9.90 Å². The van der Waals surface area contributed by atoms with Gasteiger partial charge in [-0.1, -0.05) is 13.3 Å². The summed E-state index contributed by atoms with van der Waals surface area (Å²) in [6.07, 6.45) is 6.94. The van der Waals surface area contributed by atoms with Crippen molar-refractivity contribution in [1.29, 1.82) is 0 Å². The second kappa shape index (κ2) is 7.85. The third-order valence-electron chi connectivity index (χ3n) is 4.61. The van der Waals surface area contributed by atoms with E-state index >= 15 is 0 Å². The van der Waals surface area contributed by atoms with Gasteiger partial charge < -0.3 is 15.3 Å². The number of carboxylic acids is 1. The minimum Gasteiger partial charge on any atom is -0.480 e. The number of nitrogens with one attached hydrogen (secondary N) is 1. The molecule has 0 aromatic carbocycles. The second-order valence-corrected chi connectivity index (χ2v) is 6.03. The maximum Gasteiger partial charge on any atom is 0.323 e. The monoisotopic (exact) mass is 270 g/mol. The van der Waals surface area contributed by atoms with Gasteiger partial charge in [0.25, 0.3) is 0 Å². The van der Waals surface area contributed by atoms with Gasteiger partial charge in [0.15, 0.2) is 0 Å². The Labute approximate surface area is 117 Å². The molecule has 0 radical (unpaired) electrons. The van der Waals surface area contributed by atoms with Gasteiger partial charge >= 0.3 is 5.97 Å². The molecule has 0 aromatic heterocycles. The van der Waals surface area contributed by atoms with Crippen molar-refractivity contribution in [3.63, 3.8) is 0 Å². The molecule has 0 amide bonds. The van der Waals surface area contributed by atoms with Crippen molar-refractivity contribution in [2.24, 2.45) is 5.92 Å². The lowest BCUT2D eigenvalue weighted by molar-refractivity contribution is -0.144. The largest absolute Gasteiger partial charge is 0.480 e. The summed E-state index contributed by atoms with van der Waals surface area (Å²) in [5.74, 6) is 0.165. The van der Waals surface area contributed by atoms with Crippen molar-refractivity contribution in [3.8, 4) is 0 Å². The van der Waals surface area contributed by atoms with E-state index in [0.29, 0.717) is 6.42 Å². The van der Waals surface area contributed by atoms with Gasteiger partial charge in [0, 0.05) is 6.54 Å². The second-order valence-electron chi connectivity index (χ2n) is 6.03. The zero-order valence-electron chi connectivity index (χ0n) is 12.7. The molecule has 4 heteroatoms. The molecule has 1 fully saturated rings. The summed E-state index contributed by atoms with van der Waals surface area (Å²) in [4.78, 5) is 13.7. The third kappa shape index (κ3) is 5.11. The Morgan fingerprint density at radius 1 is 1.42 bits per heavy atom. The van der Waals surface area contributed by atoms with Crippen LogP contribution in [0.25, 0.3) is 0 Å². The van der Waals surface area contributed by atoms with Crippen LogP contribution in [0.4, 0.5) is 0 Å². The van der Waals surface area contributed by atoms with Gasteiger partial charge in [0.05, 0.1) is 0 Å². The summed E-state index contributed by atoms with van der Waals surface area (Å²) in [5, 5.41) is 12.1. The molecule has 1 unspecified atom stereocenters. The van der Waals surface area contributed by atoms with Gasteiger partial charge in [0.1, 0.15) is 5.54 Å². The van der Waals surface area contributed by atoms with Gasteiger partial charge in [-0.15, -0.1) is 0 Å². The van der Waals surface area contributed by atoms with Crippen LogP contribution in [-0.2, 0) is 4.79 Å². The number of hydrogen-bond acceptors (Lipinski definition) is 3. The predicted octanol–water partition coefficient (Wildman–Crippen LogP) is 2.34. The topological polar surface area (TPSA) is 52.6 Å². The van der Waals surface area contributed by atoms with Crippen LogP contribution in [0.15, 0.2) is 0 Å². The molecule has 0 bridgehead atoms. The van der Waals surface area contributed by atoms with Crippen LogP contribution in [0, 0.1) is 5.92 Å². The number of nitrogens with zero attached hydrogens (tertiary/aromatic N) is 1. The highest BCUT2D eigenvalue weighted by atomic mass is 16.4. The van der Waals surface area contributed by atoms with Crippen molar-refractivity contribution < 1.29 is 9.90 Å². The first-order chi connectivity index (χ1) is 9.01. The Hall–Kier alpha value is -0.610. The Morgan fingerprint density at radius 3 is 2.53 bits per heavy atom. The molecule has 112 valence electrons. The smallest absolute Gasteiger partial charge is 0.323 e. The highest BCUT2D eigenvalue weighted by Gasteiger charge is 2.30. The molecular weight excluding hydrogens is 240 g/mol. The zero-order chi connectivity index (χ0) is 14.3. The number of unbranched alkanes of at least 4 members (excludes halogenated alkanes) is 1. The van der Waals surface area contributed by atoms with Crippen LogP contribution in [0.5, 0.6) is 0 Å². The van der Waals surface area contributed by atoms with Crippen molar-refractivity contribution in [2.45, 2.75) is 57.9 Å². The molecular formula is C15H30N2O2. The van der Waals surface area contributed by atoms with Gasteiger partial charge in [-0.05, 0) is 65.1 Å². The van der Waals surface area contributed by atoms with Crippen LogP contribution in [-0.4, -0.2) is 48.2 Å². The number of likely N-dealkylation sites (N-methyl/N-ethyl adjacent to an activating group) is 1. The summed E-state index contributed by atoms with van der Waals surface area (Å²) in [6, 6.07) is 0. The summed E-state index contributed by atoms with van der Waals surface area (Å²) < 4.78 is 0. The van der Waals surface area contributed by atoms with Crippen LogP contribution >= 0.6 is 0 Å². The average Bonchev–Trinajstić information content (AvgIpc) is 2.35. The van der Waals surface area contributed by atoms with Crippen LogP contribution in [0.1, 0.15) is 52.4 Å². The van der Waals surface area contributed by atoms with Crippen molar-refractivity contribution in [3.05, 3.63) is 0 Å². The molecule has 1 rings (SSSR count). The summed E-state index contributed by atoms with van der Waals surface area (Å²) in [5.41, 5.74) is -0.773. The molecule has 2 N–H and O–H groups in total. The fourth-order valence-corrected chi connectivity index (χ4v) is 2.57. The summed E-state index contributed by atoms with van der Waals surface area (Å²) >= 11 is 0. The normalized spacial score (nSPS) is 19.2. The minimum absolute atomic E-state index is 0.694. The van der Waals surface area contributed by atoms with E-state index in [-0.39, 0.29) is 0 Å². The maximum absolute atomic E-state index is 11.2. The molecule has 0 saturated heterocycles. The van der Waals surface area contributed by atoms with Crippen molar-refractivity contribution in [2.75, 3.05) is 26.7 Å². The van der Waals surface area contributed by atoms with Crippen LogP contribution in [0.2, 0.25) is 0 Å². The van der Waals surface area contributed by atoms with E-state index in [1.165, 1.54) is 25.8 Å². The predicted molar refractivity (Wildman–Crippen MR) is 78.4 cm³/mol. The molecule has 4 nitrogen and oxygen atoms in total. The molecule has 1 atom stereocenters. The highest BCUT2D eigenvalue weighted by Crippen LogP contribution is 2.27. The Morgan fingerprint density at radius 2 is 2.11 bits per heavy atom. The van der Waals surface area contributed by atoms with Gasteiger partial charge in [-0.25, -0.2) is 0 Å². The van der Waals surface area contributed by atoms with E-state index in [1.54, 1.807) is 14.0 Å². The lowest BCUT2D eigenvalue weighted by atomic mass is 9.85. The van der Waals surface area contributed by atoms with Crippen molar-refractivity contribution in [1.82, 2.24) is 10.2 Å². The molecule has 0 spiro atoms. The first-order valence-electron chi connectivity index (χ1n) is 7.66. The standard InChI is InChI=1S/C15H30N2O2/c1-4-17(12-13-8-7-9-13)11-6-5-10-15(2,16-3)14(18)19/h13,16H,4-12H2,1-3H3,(H,18,19). The molecule has 1 aliphatic carbocycles. The number of rotatable bonds is 10. The van der Waals surface area contributed by atoms with E-state index in [0.717, 1.165) is 31.8 Å². The highest BCUT2D eigenvalue weighted by molar-refractivity contribution is 5.78. The molecule has 1 aliphatic rings. The Kier molecular flexibility index (Phi) is 6.80. The first-order valence-corrected chi connectivity index (χ1v) is 7.66. The SMILES string of the molecule is CCN(CCCCC(C)(NC)C(=O)O)CC1CCC1. The lowest BCUT2D eigenvalue weighted by Crippen LogP contribution is -2.47. The van der Waals surface area contributed by atoms with Crippen LogP contribution in [0.3, 0.4) is 0 Å². The number of carbonyl (C=O) groups is 1. The molecule has 0 aliphatic heterocycles. The van der Waals surface area contributed by atoms with Crippen molar-refractivity contribution >= 4 is 5.97 Å². The molecule has 19 heavy (non-hydrogen) atoms. The molecule has 1 saturated carbocycles. The number of aliphatic carboxylic acids is 1. The van der Waals surface area contributed by atoms with E-state index in [4.69, 9.17) is 0 Å². The number of hydrogen-bond donors (Lipinski definition) is 2. The quantitative estimate of drug-likeness (QED) is 0.598. The van der Waals surface area contributed by atoms with Gasteiger partial charge in [0.2, 0.25) is 0 Å². The Bertz CT molecular complexity index is 279. The number of carboxylic acid groups (broad SMARTS) is 1. The molecule has 0 aromatic rings. The summed E-state index contributed by atoms with van der Waals surface area (Å²) in [7, 11) is 1.73. The lowest BCUT2D eigenvalue weighted by Gasteiger charge is -2.32. The minimum atomic E-state index is -0.773.